The molecule has 1 saturated carbocycles. The number of aromatic nitrogens is 1. The molecule has 0 unspecified atom stereocenters. The summed E-state index contributed by atoms with van der Waals surface area (Å²) >= 11 is 0. The van der Waals surface area contributed by atoms with Crippen LogP contribution in [0.3, 0.4) is 0 Å². The number of amides is 1. The van der Waals surface area contributed by atoms with Gasteiger partial charge in [0.2, 0.25) is 5.91 Å². The van der Waals surface area contributed by atoms with E-state index < -0.39 is 0 Å². The van der Waals surface area contributed by atoms with Crippen molar-refractivity contribution < 1.29 is 4.79 Å². The molecule has 22 heavy (non-hydrogen) atoms. The Bertz CT molecular complexity index is 620. The van der Waals surface area contributed by atoms with Crippen LogP contribution in [0.2, 0.25) is 0 Å². The first-order valence-corrected chi connectivity index (χ1v) is 7.93. The van der Waals surface area contributed by atoms with Gasteiger partial charge < -0.3 is 4.90 Å². The van der Waals surface area contributed by atoms with Gasteiger partial charge in [-0.25, -0.2) is 0 Å². The summed E-state index contributed by atoms with van der Waals surface area (Å²) in [6, 6.07) is 16.1. The molecule has 1 aliphatic carbocycles. The molecule has 0 aliphatic heterocycles. The zero-order valence-electron chi connectivity index (χ0n) is 13.0. The molecule has 114 valence electrons. The third-order valence-corrected chi connectivity index (χ3v) is 4.72. The Morgan fingerprint density at radius 1 is 1.14 bits per heavy atom. The number of carbonyl (C=O) groups is 1. The summed E-state index contributed by atoms with van der Waals surface area (Å²) in [6.07, 6.45) is 5.66. The minimum Gasteiger partial charge on any atom is -0.345 e. The fourth-order valence-electron chi connectivity index (χ4n) is 3.21. The van der Waals surface area contributed by atoms with Gasteiger partial charge in [-0.05, 0) is 30.5 Å². The smallest absolute Gasteiger partial charge is 0.232 e. The second kappa shape index (κ2) is 6.30. The maximum absolute atomic E-state index is 13.0. The molecule has 0 saturated heterocycles. The highest BCUT2D eigenvalue weighted by Gasteiger charge is 2.46. The van der Waals surface area contributed by atoms with Crippen LogP contribution in [0.1, 0.15) is 30.5 Å². The number of carbonyl (C=O) groups excluding carboxylic acids is 1. The van der Waals surface area contributed by atoms with Crippen molar-refractivity contribution in [2.45, 2.75) is 31.1 Å². The maximum atomic E-state index is 13.0. The summed E-state index contributed by atoms with van der Waals surface area (Å²) in [4.78, 5) is 19.2. The molecule has 3 rings (SSSR count). The molecule has 0 N–H and O–H groups in total. The van der Waals surface area contributed by atoms with E-state index in [4.69, 9.17) is 0 Å². The van der Waals surface area contributed by atoms with Crippen LogP contribution in [0.25, 0.3) is 0 Å². The highest BCUT2D eigenvalue weighted by atomic mass is 16.2. The van der Waals surface area contributed by atoms with Gasteiger partial charge in [-0.1, -0.05) is 42.8 Å². The maximum Gasteiger partial charge on any atom is 0.232 e. The lowest BCUT2D eigenvalue weighted by molar-refractivity contribution is -0.139. The Labute approximate surface area is 132 Å². The number of hydrogen-bond acceptors (Lipinski definition) is 2. The highest BCUT2D eigenvalue weighted by molar-refractivity contribution is 5.89. The number of pyridine rings is 1. The van der Waals surface area contributed by atoms with Crippen LogP contribution in [0, 0.1) is 0 Å². The number of rotatable bonds is 5. The standard InChI is InChI=1S/C19H22N2O/c1-21(15-11-17-10-5-6-14-20-17)18(22)19(12-7-13-19)16-8-3-2-4-9-16/h2-6,8-10,14H,7,11-13,15H2,1H3. The molecule has 0 spiro atoms. The summed E-state index contributed by atoms with van der Waals surface area (Å²) in [5.74, 6) is 0.251. The van der Waals surface area contributed by atoms with Crippen LogP contribution >= 0.6 is 0 Å². The van der Waals surface area contributed by atoms with E-state index in [-0.39, 0.29) is 11.3 Å². The predicted octanol–water partition coefficient (Wildman–Crippen LogP) is 3.20. The van der Waals surface area contributed by atoms with E-state index in [1.54, 1.807) is 6.20 Å². The number of benzene rings is 1. The fourth-order valence-corrected chi connectivity index (χ4v) is 3.21. The van der Waals surface area contributed by atoms with Gasteiger partial charge in [0.1, 0.15) is 0 Å². The third-order valence-electron chi connectivity index (χ3n) is 4.72. The van der Waals surface area contributed by atoms with E-state index in [1.807, 2.05) is 48.3 Å². The first kappa shape index (κ1) is 14.8. The lowest BCUT2D eigenvalue weighted by Crippen LogP contribution is -2.50. The van der Waals surface area contributed by atoms with Crippen LogP contribution in [0.15, 0.2) is 54.7 Å². The van der Waals surface area contributed by atoms with Crippen LogP contribution in [0.5, 0.6) is 0 Å². The summed E-state index contributed by atoms with van der Waals surface area (Å²) in [7, 11) is 1.91. The van der Waals surface area contributed by atoms with Gasteiger partial charge in [0.25, 0.3) is 0 Å². The molecular formula is C19H22N2O. The van der Waals surface area contributed by atoms with Crippen molar-refractivity contribution in [2.24, 2.45) is 0 Å². The SMILES string of the molecule is CN(CCc1ccccn1)C(=O)C1(c2ccccc2)CCC1. The van der Waals surface area contributed by atoms with Crippen molar-refractivity contribution in [3.63, 3.8) is 0 Å². The zero-order valence-corrected chi connectivity index (χ0v) is 13.0. The van der Waals surface area contributed by atoms with Crippen molar-refractivity contribution in [1.29, 1.82) is 0 Å². The first-order chi connectivity index (χ1) is 10.7. The number of nitrogens with zero attached hydrogens (tertiary/aromatic N) is 2. The van der Waals surface area contributed by atoms with Gasteiger partial charge in [0.05, 0.1) is 5.41 Å². The molecule has 0 atom stereocenters. The second-order valence-electron chi connectivity index (χ2n) is 6.10. The first-order valence-electron chi connectivity index (χ1n) is 7.93. The van der Waals surface area contributed by atoms with Crippen LogP contribution in [-0.2, 0) is 16.6 Å². The molecule has 1 amide bonds. The normalized spacial score (nSPS) is 15.9. The fraction of sp³-hybridized carbons (Fsp3) is 0.368. The molecule has 1 heterocycles. The molecule has 3 nitrogen and oxygen atoms in total. The average Bonchev–Trinajstić information content (AvgIpc) is 2.53. The molecule has 2 aromatic rings. The Balaban J connectivity index is 1.69. The third kappa shape index (κ3) is 2.76. The van der Waals surface area contributed by atoms with Crippen LogP contribution < -0.4 is 0 Å². The lowest BCUT2D eigenvalue weighted by Gasteiger charge is -2.43. The van der Waals surface area contributed by atoms with E-state index in [1.165, 1.54) is 0 Å². The molecule has 3 heteroatoms. The Hall–Kier alpha value is -2.16. The minimum atomic E-state index is -0.292. The molecule has 1 aromatic heterocycles. The van der Waals surface area contributed by atoms with E-state index in [0.717, 1.165) is 36.9 Å². The van der Waals surface area contributed by atoms with Gasteiger partial charge in [-0.3, -0.25) is 9.78 Å². The van der Waals surface area contributed by atoms with Gasteiger partial charge >= 0.3 is 0 Å². The van der Waals surface area contributed by atoms with Crippen LogP contribution in [0.4, 0.5) is 0 Å². The zero-order chi connectivity index (χ0) is 15.4. The monoisotopic (exact) mass is 294 g/mol. The van der Waals surface area contributed by atoms with Crippen molar-refractivity contribution in [3.8, 4) is 0 Å². The summed E-state index contributed by atoms with van der Waals surface area (Å²) in [5, 5.41) is 0. The summed E-state index contributed by atoms with van der Waals surface area (Å²) < 4.78 is 0. The van der Waals surface area contributed by atoms with Gasteiger partial charge in [0.15, 0.2) is 0 Å². The molecular weight excluding hydrogens is 272 g/mol. The largest absolute Gasteiger partial charge is 0.345 e. The van der Waals surface area contributed by atoms with E-state index in [9.17, 15) is 4.79 Å². The van der Waals surface area contributed by atoms with Gasteiger partial charge in [-0.2, -0.15) is 0 Å². The Morgan fingerprint density at radius 2 is 1.86 bits per heavy atom. The van der Waals surface area contributed by atoms with Crippen molar-refractivity contribution in [3.05, 3.63) is 66.0 Å². The topological polar surface area (TPSA) is 33.2 Å². The number of hydrogen-bond donors (Lipinski definition) is 0. The summed E-state index contributed by atoms with van der Waals surface area (Å²) in [6.45, 7) is 0.713. The average molecular weight is 294 g/mol. The van der Waals surface area contributed by atoms with Crippen molar-refractivity contribution in [2.75, 3.05) is 13.6 Å². The highest BCUT2D eigenvalue weighted by Crippen LogP contribution is 2.44. The number of likely N-dealkylation sites (N-methyl/N-ethyl adjacent to an activating group) is 1. The van der Waals surface area contributed by atoms with Crippen LogP contribution in [-0.4, -0.2) is 29.4 Å². The second-order valence-corrected chi connectivity index (χ2v) is 6.10. The molecule has 0 bridgehead atoms. The van der Waals surface area contributed by atoms with Crippen molar-refractivity contribution >= 4 is 5.91 Å². The van der Waals surface area contributed by atoms with Crippen molar-refractivity contribution in [1.82, 2.24) is 9.88 Å². The summed E-state index contributed by atoms with van der Waals surface area (Å²) in [5.41, 5.74) is 1.90. The van der Waals surface area contributed by atoms with E-state index in [2.05, 4.69) is 17.1 Å². The molecule has 1 aliphatic rings. The molecule has 1 aromatic carbocycles. The Morgan fingerprint density at radius 3 is 2.45 bits per heavy atom. The van der Waals surface area contributed by atoms with Gasteiger partial charge in [0, 0.05) is 31.9 Å². The lowest BCUT2D eigenvalue weighted by atomic mass is 9.63. The Kier molecular flexibility index (Phi) is 4.23. The minimum absolute atomic E-state index is 0.251. The quantitative estimate of drug-likeness (QED) is 0.848. The van der Waals surface area contributed by atoms with E-state index in [0.29, 0.717) is 6.54 Å². The van der Waals surface area contributed by atoms with E-state index >= 15 is 0 Å². The van der Waals surface area contributed by atoms with Gasteiger partial charge in [-0.15, -0.1) is 0 Å². The molecule has 0 radical (unpaired) electrons. The molecule has 1 fully saturated rings. The predicted molar refractivity (Wildman–Crippen MR) is 87.5 cm³/mol.